The van der Waals surface area contributed by atoms with Crippen LogP contribution in [0.1, 0.15) is 49.3 Å². The molecule has 0 bridgehead atoms. The molecule has 2 aromatic carbocycles. The van der Waals surface area contributed by atoms with Gasteiger partial charge in [-0.1, -0.05) is 17.7 Å². The number of hydrogen-bond donors (Lipinski definition) is 0. The third-order valence-electron chi connectivity index (χ3n) is 5.37. The number of carbonyl (C=O) groups excluding carboxylic acids is 2. The summed E-state index contributed by atoms with van der Waals surface area (Å²) in [6, 6.07) is 9.23. The van der Waals surface area contributed by atoms with Crippen LogP contribution in [-0.4, -0.2) is 35.9 Å². The highest BCUT2D eigenvalue weighted by molar-refractivity contribution is 7.75. The van der Waals surface area contributed by atoms with E-state index in [9.17, 15) is 14.2 Å². The second-order valence-electron chi connectivity index (χ2n) is 9.29. The zero-order valence-electron chi connectivity index (χ0n) is 21.8. The maximum Gasteiger partial charge on any atom is 0.419 e. The Bertz CT molecular complexity index is 1550. The number of rotatable bonds is 6. The van der Waals surface area contributed by atoms with Gasteiger partial charge in [-0.2, -0.15) is 5.26 Å². The Balaban J connectivity index is 2.55. The van der Waals surface area contributed by atoms with Gasteiger partial charge in [0.1, 0.15) is 5.60 Å². The first-order valence-electron chi connectivity index (χ1n) is 11.6. The normalized spacial score (nSPS) is 13.3. The standard InChI is InChI=1S/C27H27ClFN2O6P/c1-7-36-25(32)23-24(38(34,35-6)18-14-16(2)13-17(15-18)9-8-12-30)21-20(11-10-19(28)22(21)29)31(23)26(33)37-27(3,4)5/h8-11,13-15H,7H2,1-6H3/b9-8+. The molecule has 3 aromatic rings. The summed E-state index contributed by atoms with van der Waals surface area (Å²) in [6.45, 7) is 8.09. The maximum atomic E-state index is 15.7. The molecule has 0 amide bonds. The molecule has 1 atom stereocenters. The quantitative estimate of drug-likeness (QED) is 0.203. The van der Waals surface area contributed by atoms with Crippen LogP contribution in [0.2, 0.25) is 5.02 Å². The Morgan fingerprint density at radius 1 is 1.24 bits per heavy atom. The molecule has 1 unspecified atom stereocenters. The van der Waals surface area contributed by atoms with Crippen LogP contribution in [0.15, 0.2) is 36.4 Å². The number of carbonyl (C=O) groups is 2. The molecule has 0 radical (unpaired) electrons. The summed E-state index contributed by atoms with van der Waals surface area (Å²) in [6.07, 6.45) is 1.74. The summed E-state index contributed by atoms with van der Waals surface area (Å²) in [5, 5.41) is 7.99. The zero-order valence-corrected chi connectivity index (χ0v) is 23.4. The minimum atomic E-state index is -4.31. The molecule has 0 aliphatic rings. The molecule has 8 nitrogen and oxygen atoms in total. The van der Waals surface area contributed by atoms with E-state index in [0.29, 0.717) is 11.1 Å². The maximum absolute atomic E-state index is 15.7. The fourth-order valence-corrected chi connectivity index (χ4v) is 6.46. The van der Waals surface area contributed by atoms with Gasteiger partial charge in [0.05, 0.1) is 33.9 Å². The van der Waals surface area contributed by atoms with Gasteiger partial charge >= 0.3 is 12.1 Å². The van der Waals surface area contributed by atoms with Crippen LogP contribution in [-0.2, 0) is 18.6 Å². The van der Waals surface area contributed by atoms with Gasteiger partial charge in [0.15, 0.2) is 11.5 Å². The van der Waals surface area contributed by atoms with Crippen molar-refractivity contribution in [3.63, 3.8) is 0 Å². The van der Waals surface area contributed by atoms with Crippen molar-refractivity contribution in [2.24, 2.45) is 0 Å². The van der Waals surface area contributed by atoms with Crippen LogP contribution in [0, 0.1) is 24.1 Å². The van der Waals surface area contributed by atoms with Gasteiger partial charge in [0.25, 0.3) is 7.37 Å². The Hall–Kier alpha value is -3.44. The summed E-state index contributed by atoms with van der Waals surface area (Å²) in [7, 11) is -3.16. The van der Waals surface area contributed by atoms with Gasteiger partial charge in [-0.25, -0.2) is 18.5 Å². The molecule has 0 N–H and O–H groups in total. The number of benzene rings is 2. The number of hydrogen-bond acceptors (Lipinski definition) is 7. The lowest BCUT2D eigenvalue weighted by Gasteiger charge is -2.22. The molecular weight excluding hydrogens is 534 g/mol. The van der Waals surface area contributed by atoms with Crippen molar-refractivity contribution in [1.82, 2.24) is 4.57 Å². The lowest BCUT2D eigenvalue weighted by atomic mass is 10.1. The fraction of sp³-hybridized carbons (Fsp3) is 0.296. The van der Waals surface area contributed by atoms with Crippen LogP contribution >= 0.6 is 19.0 Å². The van der Waals surface area contributed by atoms with Crippen LogP contribution < -0.4 is 10.6 Å². The number of aryl methyl sites for hydroxylation is 1. The zero-order chi connectivity index (χ0) is 28.4. The third kappa shape index (κ3) is 5.53. The summed E-state index contributed by atoms with van der Waals surface area (Å²) in [5.74, 6) is -2.03. The highest BCUT2D eigenvalue weighted by Gasteiger charge is 2.42. The van der Waals surface area contributed by atoms with E-state index in [-0.39, 0.29) is 33.1 Å². The summed E-state index contributed by atoms with van der Waals surface area (Å²) >= 11 is 6.11. The smallest absolute Gasteiger partial charge is 0.419 e. The van der Waals surface area contributed by atoms with E-state index in [0.717, 1.165) is 11.7 Å². The van der Waals surface area contributed by atoms with Gasteiger partial charge in [0.2, 0.25) is 0 Å². The van der Waals surface area contributed by atoms with E-state index >= 15 is 4.39 Å². The topological polar surface area (TPSA) is 108 Å². The average Bonchev–Trinajstić information content (AvgIpc) is 3.20. The summed E-state index contributed by atoms with van der Waals surface area (Å²) in [4.78, 5) is 26.8. The molecular formula is C27H27ClFN2O6P. The van der Waals surface area contributed by atoms with Crippen molar-refractivity contribution < 1.29 is 32.5 Å². The van der Waals surface area contributed by atoms with Crippen LogP contribution in [0.5, 0.6) is 0 Å². The Morgan fingerprint density at radius 3 is 2.50 bits per heavy atom. The number of nitriles is 1. The van der Waals surface area contributed by atoms with E-state index in [1.807, 2.05) is 6.07 Å². The molecule has 0 aliphatic carbocycles. The van der Waals surface area contributed by atoms with Crippen molar-refractivity contribution in [2.75, 3.05) is 13.7 Å². The molecule has 1 heterocycles. The Labute approximate surface area is 225 Å². The first-order valence-corrected chi connectivity index (χ1v) is 13.6. The molecule has 0 fully saturated rings. The van der Waals surface area contributed by atoms with E-state index in [1.165, 1.54) is 30.4 Å². The van der Waals surface area contributed by atoms with E-state index in [4.69, 9.17) is 30.9 Å². The van der Waals surface area contributed by atoms with Crippen molar-refractivity contribution in [2.45, 2.75) is 40.2 Å². The van der Waals surface area contributed by atoms with E-state index in [2.05, 4.69) is 0 Å². The van der Waals surface area contributed by atoms with Crippen LogP contribution in [0.4, 0.5) is 9.18 Å². The summed E-state index contributed by atoms with van der Waals surface area (Å²) in [5.41, 5.74) is -0.407. The van der Waals surface area contributed by atoms with Crippen molar-refractivity contribution in [3.8, 4) is 6.07 Å². The van der Waals surface area contributed by atoms with Gasteiger partial charge in [-0.05, 0) is 76.1 Å². The molecule has 3 rings (SSSR count). The van der Waals surface area contributed by atoms with E-state index < -0.39 is 36.5 Å². The second-order valence-corrected chi connectivity index (χ2v) is 12.1. The first kappa shape index (κ1) is 29.1. The number of halogens is 2. The van der Waals surface area contributed by atoms with Crippen molar-refractivity contribution in [1.29, 1.82) is 5.26 Å². The number of nitrogens with zero attached hydrogens (tertiary/aromatic N) is 2. The molecule has 0 saturated heterocycles. The SMILES string of the molecule is CCOC(=O)c1c(P(=O)(OC)c2cc(C)cc(/C=C/C#N)c2)c2c(F)c(Cl)ccc2n1C(=O)OC(C)(C)C. The molecule has 0 aliphatic heterocycles. The number of ether oxygens (including phenoxy) is 2. The monoisotopic (exact) mass is 560 g/mol. The Morgan fingerprint density at radius 2 is 1.92 bits per heavy atom. The molecule has 1 aromatic heterocycles. The molecule has 0 saturated carbocycles. The Kier molecular flexibility index (Phi) is 8.52. The van der Waals surface area contributed by atoms with Gasteiger partial charge in [-0.3, -0.25) is 4.57 Å². The van der Waals surface area contributed by atoms with Crippen LogP contribution in [0.25, 0.3) is 17.0 Å². The molecule has 0 spiro atoms. The number of fused-ring (bicyclic) bond motifs is 1. The highest BCUT2D eigenvalue weighted by atomic mass is 35.5. The van der Waals surface area contributed by atoms with Crippen molar-refractivity contribution in [3.05, 3.63) is 64.1 Å². The third-order valence-corrected chi connectivity index (χ3v) is 8.14. The predicted molar refractivity (Wildman–Crippen MR) is 144 cm³/mol. The minimum Gasteiger partial charge on any atom is -0.461 e. The largest absolute Gasteiger partial charge is 0.461 e. The second kappa shape index (κ2) is 11.1. The number of aromatic nitrogens is 1. The highest BCUT2D eigenvalue weighted by Crippen LogP contribution is 2.49. The lowest BCUT2D eigenvalue weighted by Crippen LogP contribution is -2.32. The van der Waals surface area contributed by atoms with Crippen LogP contribution in [0.3, 0.4) is 0 Å². The van der Waals surface area contributed by atoms with Crippen molar-refractivity contribution >= 4 is 58.6 Å². The van der Waals surface area contributed by atoms with Gasteiger partial charge in [-0.15, -0.1) is 0 Å². The number of esters is 1. The van der Waals surface area contributed by atoms with E-state index in [1.54, 1.807) is 46.8 Å². The lowest BCUT2D eigenvalue weighted by molar-refractivity contribution is 0.0455. The van der Waals surface area contributed by atoms with Gasteiger partial charge in [0, 0.05) is 18.5 Å². The fourth-order valence-electron chi connectivity index (χ4n) is 3.99. The van der Waals surface area contributed by atoms with Gasteiger partial charge < -0.3 is 14.0 Å². The molecule has 200 valence electrons. The predicted octanol–water partition coefficient (Wildman–Crippen LogP) is 6.11. The number of allylic oxidation sites excluding steroid dienone is 1. The molecule has 11 heteroatoms. The molecule has 38 heavy (non-hydrogen) atoms. The average molecular weight is 561 g/mol. The summed E-state index contributed by atoms with van der Waals surface area (Å²) < 4.78 is 47.7. The minimum absolute atomic E-state index is 0.0812. The first-order chi connectivity index (χ1) is 17.8.